The van der Waals surface area contributed by atoms with Gasteiger partial charge in [0, 0.05) is 21.1 Å². The molecule has 22 heavy (non-hydrogen) atoms. The van der Waals surface area contributed by atoms with Crippen molar-refractivity contribution in [3.8, 4) is 16.3 Å². The first-order valence-corrected chi connectivity index (χ1v) is 8.97. The summed E-state index contributed by atoms with van der Waals surface area (Å²) in [7, 11) is 1.68. The molecule has 112 valence electrons. The molecule has 0 radical (unpaired) electrons. The van der Waals surface area contributed by atoms with Crippen LogP contribution in [-0.2, 0) is 5.75 Å². The minimum atomic E-state index is 0.761. The van der Waals surface area contributed by atoms with E-state index in [0.29, 0.717) is 0 Å². The van der Waals surface area contributed by atoms with Gasteiger partial charge in [0.05, 0.1) is 18.4 Å². The lowest BCUT2D eigenvalue weighted by molar-refractivity contribution is 0.416. The van der Waals surface area contributed by atoms with Gasteiger partial charge < -0.3 is 4.74 Å². The van der Waals surface area contributed by atoms with Gasteiger partial charge in [-0.1, -0.05) is 23.7 Å². The van der Waals surface area contributed by atoms with Crippen LogP contribution in [0.5, 0.6) is 5.75 Å². The predicted octanol–water partition coefficient (Wildman–Crippen LogP) is 5.76. The molecular weight excluding hydrogens is 334 g/mol. The summed E-state index contributed by atoms with van der Waals surface area (Å²) >= 11 is 9.30. The number of thiazole rings is 1. The Morgan fingerprint density at radius 2 is 1.91 bits per heavy atom. The molecule has 0 spiro atoms. The van der Waals surface area contributed by atoms with E-state index in [1.165, 1.54) is 4.90 Å². The van der Waals surface area contributed by atoms with E-state index in [9.17, 15) is 0 Å². The zero-order valence-corrected chi connectivity index (χ0v) is 14.3. The van der Waals surface area contributed by atoms with Crippen LogP contribution in [0.2, 0.25) is 5.02 Å². The average molecular weight is 348 g/mol. The van der Waals surface area contributed by atoms with E-state index in [4.69, 9.17) is 21.3 Å². The van der Waals surface area contributed by atoms with E-state index < -0.39 is 0 Å². The maximum atomic E-state index is 5.90. The van der Waals surface area contributed by atoms with Gasteiger partial charge in [-0.3, -0.25) is 0 Å². The van der Waals surface area contributed by atoms with Gasteiger partial charge in [-0.25, -0.2) is 4.98 Å². The minimum Gasteiger partial charge on any atom is -0.496 e. The van der Waals surface area contributed by atoms with Crippen molar-refractivity contribution >= 4 is 34.7 Å². The van der Waals surface area contributed by atoms with E-state index in [-0.39, 0.29) is 0 Å². The molecule has 0 N–H and O–H groups in total. The molecule has 1 aromatic heterocycles. The molecule has 3 aromatic rings. The Morgan fingerprint density at radius 3 is 2.68 bits per heavy atom. The Labute approximate surface area is 143 Å². The fourth-order valence-electron chi connectivity index (χ4n) is 2.01. The number of nitrogens with zero attached hydrogens (tertiary/aromatic N) is 1. The molecular formula is C17H14ClNOS2. The zero-order valence-electron chi connectivity index (χ0n) is 12.0. The van der Waals surface area contributed by atoms with Gasteiger partial charge in [-0.2, -0.15) is 0 Å². The monoisotopic (exact) mass is 347 g/mol. The lowest BCUT2D eigenvalue weighted by Crippen LogP contribution is -1.87. The van der Waals surface area contributed by atoms with Crippen LogP contribution in [0.1, 0.15) is 5.69 Å². The molecule has 0 aliphatic rings. The number of halogens is 1. The first-order valence-electron chi connectivity index (χ1n) is 6.72. The number of hydrogen-bond acceptors (Lipinski definition) is 4. The normalized spacial score (nSPS) is 10.6. The zero-order chi connectivity index (χ0) is 15.4. The van der Waals surface area contributed by atoms with E-state index in [1.807, 2.05) is 48.5 Å². The highest BCUT2D eigenvalue weighted by molar-refractivity contribution is 7.98. The first-order chi connectivity index (χ1) is 10.8. The summed E-state index contributed by atoms with van der Waals surface area (Å²) < 4.78 is 5.40. The Balaban J connectivity index is 1.72. The van der Waals surface area contributed by atoms with Crippen LogP contribution < -0.4 is 4.74 Å². The van der Waals surface area contributed by atoms with Crippen molar-refractivity contribution in [3.63, 3.8) is 0 Å². The summed E-state index contributed by atoms with van der Waals surface area (Å²) in [5.74, 6) is 1.70. The fourth-order valence-corrected chi connectivity index (χ4v) is 3.88. The Hall–Kier alpha value is -1.49. The number of rotatable bonds is 5. The summed E-state index contributed by atoms with van der Waals surface area (Å²) in [5.41, 5.74) is 2.11. The molecule has 0 saturated heterocycles. The third kappa shape index (κ3) is 3.64. The number of para-hydroxylation sites is 1. The van der Waals surface area contributed by atoms with Gasteiger partial charge in [0.2, 0.25) is 0 Å². The molecule has 0 bridgehead atoms. The number of benzene rings is 2. The first kappa shape index (κ1) is 15.4. The van der Waals surface area contributed by atoms with Crippen LogP contribution in [0.15, 0.2) is 58.8 Å². The van der Waals surface area contributed by atoms with Crippen molar-refractivity contribution in [1.82, 2.24) is 4.98 Å². The highest BCUT2D eigenvalue weighted by Crippen LogP contribution is 2.33. The smallest absolute Gasteiger partial charge is 0.129 e. The topological polar surface area (TPSA) is 22.1 Å². The maximum absolute atomic E-state index is 5.90. The van der Waals surface area contributed by atoms with Crippen molar-refractivity contribution < 1.29 is 4.74 Å². The van der Waals surface area contributed by atoms with Crippen molar-refractivity contribution in [2.24, 2.45) is 0 Å². The van der Waals surface area contributed by atoms with Gasteiger partial charge in [-0.05, 0) is 36.4 Å². The average Bonchev–Trinajstić information content (AvgIpc) is 3.03. The van der Waals surface area contributed by atoms with Gasteiger partial charge in [-0.15, -0.1) is 23.1 Å². The Morgan fingerprint density at radius 1 is 1.14 bits per heavy atom. The number of thioether (sulfide) groups is 1. The molecule has 1 heterocycles. The Bertz CT molecular complexity index is 755. The Kier molecular flexibility index (Phi) is 5.03. The molecule has 0 amide bonds. The molecule has 0 saturated carbocycles. The van der Waals surface area contributed by atoms with Gasteiger partial charge in [0.25, 0.3) is 0 Å². The van der Waals surface area contributed by atoms with Crippen LogP contribution in [0.25, 0.3) is 10.6 Å². The number of ether oxygens (including phenoxy) is 1. The highest BCUT2D eigenvalue weighted by atomic mass is 35.5. The van der Waals surface area contributed by atoms with Crippen molar-refractivity contribution in [2.75, 3.05) is 7.11 Å². The number of hydrogen-bond donors (Lipinski definition) is 0. The van der Waals surface area contributed by atoms with E-state index in [0.717, 1.165) is 32.8 Å². The van der Waals surface area contributed by atoms with Gasteiger partial charge in [0.15, 0.2) is 0 Å². The van der Waals surface area contributed by atoms with E-state index in [2.05, 4.69) is 5.38 Å². The predicted molar refractivity (Wildman–Crippen MR) is 95.1 cm³/mol. The van der Waals surface area contributed by atoms with Crippen molar-refractivity contribution in [3.05, 3.63) is 64.6 Å². The fraction of sp³-hybridized carbons (Fsp3) is 0.118. The van der Waals surface area contributed by atoms with Gasteiger partial charge in [0.1, 0.15) is 10.8 Å². The number of methoxy groups -OCH3 is 1. The molecule has 5 heteroatoms. The van der Waals surface area contributed by atoms with Gasteiger partial charge >= 0.3 is 0 Å². The molecule has 0 fully saturated rings. The molecule has 2 nitrogen and oxygen atoms in total. The second-order valence-corrected chi connectivity index (χ2v) is 6.93. The molecule has 0 unspecified atom stereocenters. The van der Waals surface area contributed by atoms with Crippen LogP contribution >= 0.6 is 34.7 Å². The minimum absolute atomic E-state index is 0.761. The van der Waals surface area contributed by atoms with Crippen LogP contribution in [0.4, 0.5) is 0 Å². The van der Waals surface area contributed by atoms with Crippen LogP contribution in [0.3, 0.4) is 0 Å². The molecule has 0 atom stereocenters. The van der Waals surface area contributed by atoms with Crippen molar-refractivity contribution in [2.45, 2.75) is 10.6 Å². The standard InChI is InChI=1S/C17H14ClNOS2/c1-20-16-5-3-2-4-15(16)17-19-13(11-22-17)10-21-14-8-6-12(18)7-9-14/h2-9,11H,10H2,1H3. The third-order valence-corrected chi connectivity index (χ3v) is 5.31. The van der Waals surface area contributed by atoms with E-state index in [1.54, 1.807) is 30.2 Å². The summed E-state index contributed by atoms with van der Waals surface area (Å²) in [6.45, 7) is 0. The third-order valence-electron chi connectivity index (χ3n) is 3.09. The SMILES string of the molecule is COc1ccccc1-c1nc(CSc2ccc(Cl)cc2)cs1. The number of aromatic nitrogens is 1. The summed E-state index contributed by atoms with van der Waals surface area (Å²) in [6.07, 6.45) is 0. The largest absolute Gasteiger partial charge is 0.496 e. The maximum Gasteiger partial charge on any atom is 0.129 e. The van der Waals surface area contributed by atoms with Crippen LogP contribution in [-0.4, -0.2) is 12.1 Å². The molecule has 2 aromatic carbocycles. The second-order valence-electron chi connectivity index (χ2n) is 4.59. The molecule has 0 aliphatic carbocycles. The highest BCUT2D eigenvalue weighted by Gasteiger charge is 2.09. The summed E-state index contributed by atoms with van der Waals surface area (Å²) in [6, 6.07) is 15.8. The van der Waals surface area contributed by atoms with Crippen LogP contribution in [0, 0.1) is 0 Å². The molecule has 0 aliphatic heterocycles. The van der Waals surface area contributed by atoms with E-state index >= 15 is 0 Å². The summed E-state index contributed by atoms with van der Waals surface area (Å²) in [5, 5.41) is 3.85. The summed E-state index contributed by atoms with van der Waals surface area (Å²) in [4.78, 5) is 5.90. The van der Waals surface area contributed by atoms with Crippen molar-refractivity contribution in [1.29, 1.82) is 0 Å². The lowest BCUT2D eigenvalue weighted by Gasteiger charge is -2.04. The second kappa shape index (κ2) is 7.18. The molecule has 3 rings (SSSR count). The quantitative estimate of drug-likeness (QED) is 0.547. The lowest BCUT2D eigenvalue weighted by atomic mass is 10.2.